The van der Waals surface area contributed by atoms with Gasteiger partial charge in [0.1, 0.15) is 17.9 Å². The van der Waals surface area contributed by atoms with Crippen molar-refractivity contribution >= 4 is 23.7 Å². The molecule has 2 aromatic carbocycles. The van der Waals surface area contributed by atoms with Crippen LogP contribution < -0.4 is 10.6 Å². The van der Waals surface area contributed by atoms with E-state index in [0.717, 1.165) is 11.6 Å². The number of rotatable bonds is 11. The molecule has 0 aliphatic carbocycles. The van der Waals surface area contributed by atoms with Gasteiger partial charge in [0.2, 0.25) is 17.7 Å². The fourth-order valence-electron chi connectivity index (χ4n) is 4.56. The summed E-state index contributed by atoms with van der Waals surface area (Å²) in [5.41, 5.74) is 0.471. The number of ether oxygens (including phenoxy) is 1. The van der Waals surface area contributed by atoms with Gasteiger partial charge in [-0.2, -0.15) is 0 Å². The van der Waals surface area contributed by atoms with E-state index in [1.54, 1.807) is 26.0 Å². The topological polar surface area (TPSA) is 105 Å². The first-order valence-electron chi connectivity index (χ1n) is 12.6. The zero-order chi connectivity index (χ0) is 28.7. The Balaban J connectivity index is 1.67. The van der Waals surface area contributed by atoms with Gasteiger partial charge in [-0.15, -0.1) is 0 Å². The molecule has 3 amide bonds. The molecule has 0 spiro atoms. The van der Waals surface area contributed by atoms with Crippen LogP contribution in [0.4, 0.5) is 13.2 Å². The van der Waals surface area contributed by atoms with Crippen LogP contribution in [0.25, 0.3) is 0 Å². The van der Waals surface area contributed by atoms with Gasteiger partial charge in [0, 0.05) is 43.5 Å². The van der Waals surface area contributed by atoms with E-state index in [0.29, 0.717) is 6.07 Å². The maximum atomic E-state index is 14.2. The lowest BCUT2D eigenvalue weighted by molar-refractivity contribution is -0.145. The molecule has 0 saturated carbocycles. The highest BCUT2D eigenvalue weighted by atomic mass is 19.2. The van der Waals surface area contributed by atoms with Crippen molar-refractivity contribution in [2.45, 2.75) is 64.2 Å². The standard InChI is InChI=1S/C28H32F3N3O5/c1-16(2)26(27(37)32-22(28(38)39-3)11-17-7-5-4-6-8-17)33-23(35)14-20-9-10-24(36)34(20)15-18-12-19(29)13-21(30)25(18)31/h4-8,12-13,16,20,22,26H,9-11,14-15H2,1-3H3,(H,32,37)(H,33,35)/t20-,22-,26-/m0/s1. The number of likely N-dealkylation sites (tertiary alicyclic amines) is 1. The fraction of sp³-hybridized carbons (Fsp3) is 0.429. The van der Waals surface area contributed by atoms with Crippen molar-refractivity contribution in [3.63, 3.8) is 0 Å². The number of hydrogen-bond acceptors (Lipinski definition) is 5. The second kappa shape index (κ2) is 13.3. The number of methoxy groups -OCH3 is 1. The van der Waals surface area contributed by atoms with E-state index in [-0.39, 0.29) is 43.1 Å². The number of nitrogens with zero attached hydrogens (tertiary/aromatic N) is 1. The Morgan fingerprint density at radius 3 is 2.41 bits per heavy atom. The van der Waals surface area contributed by atoms with Gasteiger partial charge in [-0.25, -0.2) is 18.0 Å². The van der Waals surface area contributed by atoms with Crippen molar-refractivity contribution in [2.24, 2.45) is 5.92 Å². The molecule has 1 heterocycles. The quantitative estimate of drug-likeness (QED) is 0.333. The number of carbonyl (C=O) groups is 4. The summed E-state index contributed by atoms with van der Waals surface area (Å²) in [5.74, 6) is -6.10. The molecule has 39 heavy (non-hydrogen) atoms. The zero-order valence-corrected chi connectivity index (χ0v) is 22.0. The summed E-state index contributed by atoms with van der Waals surface area (Å²) >= 11 is 0. The second-order valence-corrected chi connectivity index (χ2v) is 9.84. The molecule has 2 N–H and O–H groups in total. The maximum absolute atomic E-state index is 14.2. The third kappa shape index (κ3) is 7.81. The van der Waals surface area contributed by atoms with Gasteiger partial charge in [-0.3, -0.25) is 14.4 Å². The van der Waals surface area contributed by atoms with E-state index in [2.05, 4.69) is 10.6 Å². The monoisotopic (exact) mass is 547 g/mol. The van der Waals surface area contributed by atoms with Crippen LogP contribution in [0.15, 0.2) is 42.5 Å². The Bertz CT molecular complexity index is 1210. The molecule has 1 fully saturated rings. The molecule has 0 radical (unpaired) electrons. The Labute approximate surface area is 224 Å². The highest BCUT2D eigenvalue weighted by molar-refractivity contribution is 5.91. The van der Waals surface area contributed by atoms with Crippen LogP contribution >= 0.6 is 0 Å². The van der Waals surface area contributed by atoms with Gasteiger partial charge in [-0.1, -0.05) is 44.2 Å². The average Bonchev–Trinajstić information content (AvgIpc) is 3.23. The van der Waals surface area contributed by atoms with Crippen LogP contribution in [0.1, 0.15) is 44.2 Å². The molecule has 11 heteroatoms. The summed E-state index contributed by atoms with van der Waals surface area (Å²) < 4.78 is 46.3. The van der Waals surface area contributed by atoms with Crippen molar-refractivity contribution in [3.8, 4) is 0 Å². The molecule has 210 valence electrons. The molecule has 1 aliphatic rings. The van der Waals surface area contributed by atoms with Crippen LogP contribution in [0.5, 0.6) is 0 Å². The minimum atomic E-state index is -1.37. The van der Waals surface area contributed by atoms with Crippen molar-refractivity contribution < 1.29 is 37.1 Å². The van der Waals surface area contributed by atoms with E-state index >= 15 is 0 Å². The second-order valence-electron chi connectivity index (χ2n) is 9.84. The van der Waals surface area contributed by atoms with E-state index in [9.17, 15) is 32.3 Å². The summed E-state index contributed by atoms with van der Waals surface area (Å²) in [6.07, 6.45) is 0.359. The summed E-state index contributed by atoms with van der Waals surface area (Å²) in [6.45, 7) is 3.05. The largest absolute Gasteiger partial charge is 0.467 e. The van der Waals surface area contributed by atoms with E-state index in [1.807, 2.05) is 18.2 Å². The third-order valence-corrected chi connectivity index (χ3v) is 6.63. The lowest BCUT2D eigenvalue weighted by Gasteiger charge is -2.27. The molecule has 1 aliphatic heterocycles. The molecule has 1 saturated heterocycles. The third-order valence-electron chi connectivity index (χ3n) is 6.63. The van der Waals surface area contributed by atoms with Crippen LogP contribution in [-0.4, -0.2) is 53.8 Å². The van der Waals surface area contributed by atoms with Crippen LogP contribution in [0.3, 0.4) is 0 Å². The predicted octanol–water partition coefficient (Wildman–Crippen LogP) is 3.03. The molecular weight excluding hydrogens is 515 g/mol. The minimum absolute atomic E-state index is 0.0890. The number of carbonyl (C=O) groups excluding carboxylic acids is 4. The molecule has 8 nitrogen and oxygen atoms in total. The van der Waals surface area contributed by atoms with Gasteiger partial charge in [0.05, 0.1) is 7.11 Å². The highest BCUT2D eigenvalue weighted by Crippen LogP contribution is 2.26. The molecule has 0 aromatic heterocycles. The SMILES string of the molecule is COC(=O)[C@H](Cc1ccccc1)NC(=O)[C@@H](NC(=O)C[C@@H]1CCC(=O)N1Cc1cc(F)cc(F)c1F)C(C)C. The van der Waals surface area contributed by atoms with Crippen LogP contribution in [0.2, 0.25) is 0 Å². The Kier molecular flexibility index (Phi) is 10.1. The zero-order valence-electron chi connectivity index (χ0n) is 22.0. The van der Waals surface area contributed by atoms with Gasteiger partial charge in [-0.05, 0) is 24.0 Å². The minimum Gasteiger partial charge on any atom is -0.467 e. The van der Waals surface area contributed by atoms with Gasteiger partial charge < -0.3 is 20.3 Å². The van der Waals surface area contributed by atoms with Crippen molar-refractivity contribution in [2.75, 3.05) is 7.11 Å². The van der Waals surface area contributed by atoms with Crippen LogP contribution in [0, 0.1) is 23.4 Å². The number of halogens is 3. The van der Waals surface area contributed by atoms with Gasteiger partial charge >= 0.3 is 5.97 Å². The van der Waals surface area contributed by atoms with Crippen molar-refractivity contribution in [1.82, 2.24) is 15.5 Å². The Morgan fingerprint density at radius 1 is 1.08 bits per heavy atom. The Hall–Kier alpha value is -3.89. The predicted molar refractivity (Wildman–Crippen MR) is 135 cm³/mol. The van der Waals surface area contributed by atoms with E-state index in [4.69, 9.17) is 4.74 Å². The molecule has 3 rings (SSSR count). The van der Waals surface area contributed by atoms with Crippen LogP contribution in [-0.2, 0) is 36.9 Å². The smallest absolute Gasteiger partial charge is 0.328 e. The molecular formula is C28H32F3N3O5. The highest BCUT2D eigenvalue weighted by Gasteiger charge is 2.35. The lowest BCUT2D eigenvalue weighted by Crippen LogP contribution is -2.54. The molecule has 0 bridgehead atoms. The molecule has 0 unspecified atom stereocenters. The number of amides is 3. The number of esters is 1. The summed E-state index contributed by atoms with van der Waals surface area (Å²) in [4.78, 5) is 52.1. The summed E-state index contributed by atoms with van der Waals surface area (Å²) in [5, 5.41) is 5.32. The van der Waals surface area contributed by atoms with E-state index in [1.165, 1.54) is 12.0 Å². The van der Waals surface area contributed by atoms with E-state index < -0.39 is 59.9 Å². The first-order chi connectivity index (χ1) is 18.5. The number of benzene rings is 2. The molecule has 3 atom stereocenters. The number of nitrogens with one attached hydrogen (secondary N) is 2. The van der Waals surface area contributed by atoms with Gasteiger partial charge in [0.15, 0.2) is 11.6 Å². The van der Waals surface area contributed by atoms with Gasteiger partial charge in [0.25, 0.3) is 0 Å². The van der Waals surface area contributed by atoms with Crippen molar-refractivity contribution in [3.05, 3.63) is 71.0 Å². The lowest BCUT2D eigenvalue weighted by atomic mass is 10.0. The Morgan fingerprint density at radius 2 is 1.77 bits per heavy atom. The first-order valence-corrected chi connectivity index (χ1v) is 12.6. The normalized spacial score (nSPS) is 16.6. The number of hydrogen-bond donors (Lipinski definition) is 2. The average molecular weight is 548 g/mol. The first kappa shape index (κ1) is 29.7. The molecule has 2 aromatic rings. The fourth-order valence-corrected chi connectivity index (χ4v) is 4.56. The maximum Gasteiger partial charge on any atom is 0.328 e. The summed E-state index contributed by atoms with van der Waals surface area (Å²) in [7, 11) is 1.22. The van der Waals surface area contributed by atoms with Crippen molar-refractivity contribution in [1.29, 1.82) is 0 Å². The summed E-state index contributed by atoms with van der Waals surface area (Å²) in [6, 6.07) is 7.65.